The van der Waals surface area contributed by atoms with Crippen LogP contribution in [0.1, 0.15) is 24.1 Å². The van der Waals surface area contributed by atoms with Crippen molar-refractivity contribution in [2.45, 2.75) is 26.0 Å². The van der Waals surface area contributed by atoms with Crippen LogP contribution in [0.15, 0.2) is 18.2 Å². The molecule has 2 unspecified atom stereocenters. The maximum absolute atomic E-state index is 5.91. The van der Waals surface area contributed by atoms with Gasteiger partial charge in [-0.3, -0.25) is 0 Å². The maximum Gasteiger partial charge on any atom is 0.124 e. The molecule has 1 aromatic rings. The summed E-state index contributed by atoms with van der Waals surface area (Å²) in [5.41, 5.74) is 8.27. The summed E-state index contributed by atoms with van der Waals surface area (Å²) in [5, 5.41) is 0. The van der Waals surface area contributed by atoms with Gasteiger partial charge in [-0.2, -0.15) is 0 Å². The second-order valence-electron chi connectivity index (χ2n) is 3.39. The Bertz CT molecular complexity index is 309. The summed E-state index contributed by atoms with van der Waals surface area (Å²) in [6.45, 7) is 4.05. The molecule has 2 atom stereocenters. The van der Waals surface area contributed by atoms with Crippen LogP contribution in [0.3, 0.4) is 0 Å². The lowest BCUT2D eigenvalue weighted by Crippen LogP contribution is -2.21. The summed E-state index contributed by atoms with van der Waals surface area (Å²) < 4.78 is 5.57. The highest BCUT2D eigenvalue weighted by Gasteiger charge is 2.27. The van der Waals surface area contributed by atoms with E-state index in [-0.39, 0.29) is 12.1 Å². The van der Waals surface area contributed by atoms with Crippen LogP contribution in [0, 0.1) is 6.92 Å². The largest absolute Gasteiger partial charge is 0.488 e. The summed E-state index contributed by atoms with van der Waals surface area (Å²) in [6, 6.07) is 6.21. The van der Waals surface area contributed by atoms with Gasteiger partial charge in [0, 0.05) is 5.56 Å². The molecule has 1 aliphatic heterocycles. The van der Waals surface area contributed by atoms with E-state index in [4.69, 9.17) is 10.5 Å². The van der Waals surface area contributed by atoms with Crippen LogP contribution in [0.2, 0.25) is 0 Å². The topological polar surface area (TPSA) is 35.2 Å². The smallest absolute Gasteiger partial charge is 0.124 e. The van der Waals surface area contributed by atoms with E-state index < -0.39 is 0 Å². The van der Waals surface area contributed by atoms with Crippen molar-refractivity contribution in [3.05, 3.63) is 29.3 Å². The number of hydrogen-bond acceptors (Lipinski definition) is 2. The number of benzene rings is 1. The van der Waals surface area contributed by atoms with Crippen LogP contribution in [0.25, 0.3) is 0 Å². The van der Waals surface area contributed by atoms with E-state index in [9.17, 15) is 0 Å². The number of fused-ring (bicyclic) bond motifs is 1. The minimum absolute atomic E-state index is 0.0422. The minimum atomic E-state index is 0.0422. The number of hydrogen-bond donors (Lipinski definition) is 1. The molecule has 1 aliphatic rings. The average molecular weight is 163 g/mol. The Morgan fingerprint density at radius 3 is 2.92 bits per heavy atom. The zero-order chi connectivity index (χ0) is 8.72. The van der Waals surface area contributed by atoms with Crippen molar-refractivity contribution in [2.24, 2.45) is 5.73 Å². The SMILES string of the molecule is Cc1ccc2c(c1)OC(C)C2N. The fourth-order valence-electron chi connectivity index (χ4n) is 1.55. The average Bonchev–Trinajstić information content (AvgIpc) is 2.28. The Hall–Kier alpha value is -1.02. The molecule has 0 spiro atoms. The lowest BCUT2D eigenvalue weighted by atomic mass is 10.0. The van der Waals surface area contributed by atoms with Crippen LogP contribution in [-0.4, -0.2) is 6.10 Å². The molecule has 0 saturated heterocycles. The predicted octanol–water partition coefficient (Wildman–Crippen LogP) is 1.78. The second kappa shape index (κ2) is 2.49. The van der Waals surface area contributed by atoms with Crippen molar-refractivity contribution in [2.75, 3.05) is 0 Å². The third kappa shape index (κ3) is 0.994. The predicted molar refractivity (Wildman–Crippen MR) is 48.2 cm³/mol. The van der Waals surface area contributed by atoms with Crippen molar-refractivity contribution < 1.29 is 4.74 Å². The Balaban J connectivity index is 2.47. The monoisotopic (exact) mass is 163 g/mol. The molecule has 0 saturated carbocycles. The highest BCUT2D eigenvalue weighted by molar-refractivity contribution is 5.42. The number of rotatable bonds is 0. The molecule has 0 aliphatic carbocycles. The van der Waals surface area contributed by atoms with Crippen LogP contribution >= 0.6 is 0 Å². The fraction of sp³-hybridized carbons (Fsp3) is 0.400. The van der Waals surface area contributed by atoms with E-state index in [1.165, 1.54) is 5.56 Å². The van der Waals surface area contributed by atoms with Crippen molar-refractivity contribution in [1.82, 2.24) is 0 Å². The van der Waals surface area contributed by atoms with Gasteiger partial charge in [0.25, 0.3) is 0 Å². The Labute approximate surface area is 72.3 Å². The molecule has 64 valence electrons. The molecule has 0 bridgehead atoms. The second-order valence-corrected chi connectivity index (χ2v) is 3.39. The zero-order valence-corrected chi connectivity index (χ0v) is 7.37. The van der Waals surface area contributed by atoms with Crippen LogP contribution < -0.4 is 10.5 Å². The van der Waals surface area contributed by atoms with Crippen molar-refractivity contribution >= 4 is 0 Å². The summed E-state index contributed by atoms with van der Waals surface area (Å²) in [4.78, 5) is 0. The third-order valence-electron chi connectivity index (χ3n) is 2.35. The van der Waals surface area contributed by atoms with Crippen molar-refractivity contribution in [3.8, 4) is 5.75 Å². The molecule has 2 heteroatoms. The fourth-order valence-corrected chi connectivity index (χ4v) is 1.55. The molecular formula is C10H13NO. The highest BCUT2D eigenvalue weighted by atomic mass is 16.5. The van der Waals surface area contributed by atoms with Crippen LogP contribution in [0.5, 0.6) is 5.75 Å². The van der Waals surface area contributed by atoms with E-state index in [0.29, 0.717) is 0 Å². The molecule has 12 heavy (non-hydrogen) atoms. The molecule has 2 nitrogen and oxygen atoms in total. The van der Waals surface area contributed by atoms with Crippen LogP contribution in [0.4, 0.5) is 0 Å². The Morgan fingerprint density at radius 2 is 2.17 bits per heavy atom. The molecule has 0 aromatic heterocycles. The highest BCUT2D eigenvalue weighted by Crippen LogP contribution is 2.35. The van der Waals surface area contributed by atoms with Gasteiger partial charge in [0.1, 0.15) is 11.9 Å². The number of nitrogens with two attached hydrogens (primary N) is 1. The third-order valence-corrected chi connectivity index (χ3v) is 2.35. The molecule has 0 radical (unpaired) electrons. The zero-order valence-electron chi connectivity index (χ0n) is 7.37. The first-order valence-corrected chi connectivity index (χ1v) is 4.21. The van der Waals surface area contributed by atoms with Gasteiger partial charge in [-0.05, 0) is 25.5 Å². The summed E-state index contributed by atoms with van der Waals surface area (Å²) in [7, 11) is 0. The first kappa shape index (κ1) is 7.62. The molecule has 0 amide bonds. The Morgan fingerprint density at radius 1 is 1.42 bits per heavy atom. The number of aryl methyl sites for hydroxylation is 1. The van der Waals surface area contributed by atoms with Crippen LogP contribution in [-0.2, 0) is 0 Å². The molecule has 1 heterocycles. The van der Waals surface area contributed by atoms with Gasteiger partial charge in [0.05, 0.1) is 6.04 Å². The first-order valence-electron chi connectivity index (χ1n) is 4.21. The van der Waals surface area contributed by atoms with Gasteiger partial charge in [-0.15, -0.1) is 0 Å². The maximum atomic E-state index is 5.91. The van der Waals surface area contributed by atoms with Crippen molar-refractivity contribution in [3.63, 3.8) is 0 Å². The molecule has 0 fully saturated rings. The summed E-state index contributed by atoms with van der Waals surface area (Å²) in [5.74, 6) is 0.954. The van der Waals surface area contributed by atoms with E-state index in [0.717, 1.165) is 11.3 Å². The van der Waals surface area contributed by atoms with Gasteiger partial charge in [-0.1, -0.05) is 12.1 Å². The first-order chi connectivity index (χ1) is 5.68. The van der Waals surface area contributed by atoms with Gasteiger partial charge >= 0.3 is 0 Å². The summed E-state index contributed by atoms with van der Waals surface area (Å²) in [6.07, 6.45) is 0.113. The van der Waals surface area contributed by atoms with Gasteiger partial charge < -0.3 is 10.5 Å². The molecule has 2 rings (SSSR count). The Kier molecular flexibility index (Phi) is 1.58. The molecular weight excluding hydrogens is 150 g/mol. The van der Waals surface area contributed by atoms with Gasteiger partial charge in [0.15, 0.2) is 0 Å². The quantitative estimate of drug-likeness (QED) is 0.632. The molecule has 1 aromatic carbocycles. The van der Waals surface area contributed by atoms with E-state index in [1.54, 1.807) is 0 Å². The van der Waals surface area contributed by atoms with E-state index in [2.05, 4.69) is 19.1 Å². The molecule has 2 N–H and O–H groups in total. The van der Waals surface area contributed by atoms with E-state index >= 15 is 0 Å². The summed E-state index contributed by atoms with van der Waals surface area (Å²) >= 11 is 0. The standard InChI is InChI=1S/C10H13NO/c1-6-3-4-8-9(5-6)12-7(2)10(8)11/h3-5,7,10H,11H2,1-2H3. The normalized spacial score (nSPS) is 26.6. The van der Waals surface area contributed by atoms with Gasteiger partial charge in [0.2, 0.25) is 0 Å². The lowest BCUT2D eigenvalue weighted by molar-refractivity contribution is 0.228. The minimum Gasteiger partial charge on any atom is -0.488 e. The van der Waals surface area contributed by atoms with Crippen molar-refractivity contribution in [1.29, 1.82) is 0 Å². The van der Waals surface area contributed by atoms with E-state index in [1.807, 2.05) is 13.0 Å². The number of ether oxygens (including phenoxy) is 1. The van der Waals surface area contributed by atoms with Gasteiger partial charge in [-0.25, -0.2) is 0 Å². The lowest BCUT2D eigenvalue weighted by Gasteiger charge is -2.07.